The van der Waals surface area contributed by atoms with Gasteiger partial charge in [0.15, 0.2) is 0 Å². The number of aromatic nitrogens is 1. The molecule has 24 heavy (non-hydrogen) atoms. The summed E-state index contributed by atoms with van der Waals surface area (Å²) in [5.74, 6) is 0.875. The van der Waals surface area contributed by atoms with Crippen LogP contribution in [-0.4, -0.2) is 36.4 Å². The van der Waals surface area contributed by atoms with Gasteiger partial charge in [-0.25, -0.2) is 4.98 Å². The van der Waals surface area contributed by atoms with Crippen LogP contribution in [0.5, 0.6) is 0 Å². The van der Waals surface area contributed by atoms with Crippen LogP contribution >= 0.6 is 0 Å². The molecule has 1 saturated heterocycles. The van der Waals surface area contributed by atoms with E-state index in [0.717, 1.165) is 24.5 Å². The molecular weight excluding hydrogens is 304 g/mol. The van der Waals surface area contributed by atoms with E-state index < -0.39 is 5.41 Å². The van der Waals surface area contributed by atoms with Gasteiger partial charge in [0.2, 0.25) is 11.8 Å². The van der Waals surface area contributed by atoms with E-state index in [9.17, 15) is 9.59 Å². The molecule has 0 aromatic carbocycles. The number of pyridine rings is 1. The molecule has 6 nitrogen and oxygen atoms in total. The summed E-state index contributed by atoms with van der Waals surface area (Å²) in [4.78, 5) is 30.3. The lowest BCUT2D eigenvalue weighted by Gasteiger charge is -2.18. The molecule has 1 aromatic heterocycles. The summed E-state index contributed by atoms with van der Waals surface area (Å²) in [6.07, 6.45) is 4.50. The van der Waals surface area contributed by atoms with Crippen LogP contribution in [0.3, 0.4) is 0 Å². The van der Waals surface area contributed by atoms with Gasteiger partial charge in [-0.15, -0.1) is 0 Å². The van der Waals surface area contributed by atoms with Crippen LogP contribution in [0.1, 0.15) is 45.6 Å². The summed E-state index contributed by atoms with van der Waals surface area (Å²) in [5, 5.41) is 5.67. The number of hydrogen-bond donors (Lipinski definition) is 2. The van der Waals surface area contributed by atoms with Crippen molar-refractivity contribution < 1.29 is 9.59 Å². The summed E-state index contributed by atoms with van der Waals surface area (Å²) in [5.41, 5.74) is 0.610. The average Bonchev–Trinajstić information content (AvgIpc) is 3.06. The molecule has 6 heteroatoms. The smallest absolute Gasteiger partial charge is 0.225 e. The molecular formula is C18H28N4O2. The number of carbonyl (C=O) groups excluding carboxylic acids is 2. The molecule has 2 rings (SSSR count). The lowest BCUT2D eigenvalue weighted by atomic mass is 9.96. The fourth-order valence-corrected chi connectivity index (χ4v) is 2.53. The minimum atomic E-state index is -0.431. The highest BCUT2D eigenvalue weighted by molar-refractivity contribution is 5.82. The molecule has 1 aliphatic rings. The Hall–Kier alpha value is -2.11. The molecule has 0 bridgehead atoms. The molecule has 1 fully saturated rings. The Kier molecular flexibility index (Phi) is 6.17. The summed E-state index contributed by atoms with van der Waals surface area (Å²) in [6.45, 7) is 8.50. The molecule has 2 amide bonds. The van der Waals surface area contributed by atoms with E-state index in [1.807, 2.05) is 32.9 Å². The lowest BCUT2D eigenvalue weighted by molar-refractivity contribution is -0.128. The van der Waals surface area contributed by atoms with Gasteiger partial charge >= 0.3 is 0 Å². The number of nitrogens with zero attached hydrogens (tertiary/aromatic N) is 2. The van der Waals surface area contributed by atoms with Crippen molar-refractivity contribution in [1.82, 2.24) is 15.6 Å². The molecule has 132 valence electrons. The highest BCUT2D eigenvalue weighted by Crippen LogP contribution is 2.18. The van der Waals surface area contributed by atoms with Gasteiger partial charge in [-0.05, 0) is 30.5 Å². The van der Waals surface area contributed by atoms with Crippen molar-refractivity contribution in [3.63, 3.8) is 0 Å². The summed E-state index contributed by atoms with van der Waals surface area (Å²) in [7, 11) is 0. The van der Waals surface area contributed by atoms with Crippen molar-refractivity contribution in [1.29, 1.82) is 0 Å². The van der Waals surface area contributed by atoms with Gasteiger partial charge in [0, 0.05) is 44.2 Å². The molecule has 0 unspecified atom stereocenters. The van der Waals surface area contributed by atoms with E-state index in [-0.39, 0.29) is 18.2 Å². The highest BCUT2D eigenvalue weighted by atomic mass is 16.2. The summed E-state index contributed by atoms with van der Waals surface area (Å²) < 4.78 is 0. The lowest BCUT2D eigenvalue weighted by Crippen LogP contribution is -2.37. The molecule has 0 radical (unpaired) electrons. The minimum absolute atomic E-state index is 0.0420. The Morgan fingerprint density at radius 2 is 1.92 bits per heavy atom. The number of nitrogens with one attached hydrogen (secondary N) is 2. The molecule has 0 spiro atoms. The van der Waals surface area contributed by atoms with Crippen LogP contribution in [0.4, 0.5) is 5.82 Å². The predicted molar refractivity (Wildman–Crippen MR) is 94.6 cm³/mol. The molecule has 0 atom stereocenters. The number of rotatable bonds is 6. The SMILES string of the molecule is CC(C)(C)C(=O)NCCC(=O)NCc1ccnc(N2CCCC2)c1. The monoisotopic (exact) mass is 332 g/mol. The zero-order valence-electron chi connectivity index (χ0n) is 14.9. The third kappa shape index (κ3) is 5.51. The Morgan fingerprint density at radius 1 is 1.21 bits per heavy atom. The van der Waals surface area contributed by atoms with Crippen molar-refractivity contribution >= 4 is 17.6 Å². The number of amides is 2. The zero-order chi connectivity index (χ0) is 17.6. The Morgan fingerprint density at radius 3 is 2.58 bits per heavy atom. The van der Waals surface area contributed by atoms with Gasteiger partial charge in [-0.3, -0.25) is 9.59 Å². The largest absolute Gasteiger partial charge is 0.357 e. The van der Waals surface area contributed by atoms with E-state index in [0.29, 0.717) is 13.1 Å². The first kappa shape index (κ1) is 18.2. The second kappa shape index (κ2) is 8.13. The van der Waals surface area contributed by atoms with Crippen LogP contribution in [0.15, 0.2) is 18.3 Å². The maximum absolute atomic E-state index is 11.9. The molecule has 2 heterocycles. The maximum atomic E-state index is 11.9. The third-order valence-electron chi connectivity index (χ3n) is 4.05. The highest BCUT2D eigenvalue weighted by Gasteiger charge is 2.20. The van der Waals surface area contributed by atoms with Gasteiger partial charge in [0.1, 0.15) is 5.82 Å². The first-order valence-electron chi connectivity index (χ1n) is 8.61. The van der Waals surface area contributed by atoms with E-state index in [1.165, 1.54) is 12.8 Å². The van der Waals surface area contributed by atoms with Crippen LogP contribution in [0, 0.1) is 5.41 Å². The normalized spacial score (nSPS) is 14.5. The fourth-order valence-electron chi connectivity index (χ4n) is 2.53. The summed E-state index contributed by atoms with van der Waals surface area (Å²) in [6, 6.07) is 3.95. The van der Waals surface area contributed by atoms with Crippen molar-refractivity contribution in [3.8, 4) is 0 Å². The minimum Gasteiger partial charge on any atom is -0.357 e. The van der Waals surface area contributed by atoms with Crippen LogP contribution < -0.4 is 15.5 Å². The van der Waals surface area contributed by atoms with Crippen LogP contribution in [0.2, 0.25) is 0 Å². The first-order chi connectivity index (χ1) is 11.4. The Labute approximate surface area is 144 Å². The Balaban J connectivity index is 1.73. The van der Waals surface area contributed by atoms with Crippen molar-refractivity contribution in [3.05, 3.63) is 23.9 Å². The van der Waals surface area contributed by atoms with E-state index in [4.69, 9.17) is 0 Å². The summed E-state index contributed by atoms with van der Waals surface area (Å²) >= 11 is 0. The van der Waals surface area contributed by atoms with Crippen molar-refractivity contribution in [2.45, 2.75) is 46.6 Å². The topological polar surface area (TPSA) is 74.3 Å². The quantitative estimate of drug-likeness (QED) is 0.834. The van der Waals surface area contributed by atoms with Gasteiger partial charge < -0.3 is 15.5 Å². The second-order valence-corrected chi connectivity index (χ2v) is 7.25. The van der Waals surface area contributed by atoms with Gasteiger partial charge in [-0.1, -0.05) is 20.8 Å². The standard InChI is InChI=1S/C18H28N4O2/c1-18(2,3)17(24)20-9-7-16(23)21-13-14-6-8-19-15(12-14)22-10-4-5-11-22/h6,8,12H,4-5,7,9-11,13H2,1-3H3,(H,20,24)(H,21,23). The van der Waals surface area contributed by atoms with Crippen molar-refractivity contribution in [2.75, 3.05) is 24.5 Å². The second-order valence-electron chi connectivity index (χ2n) is 7.25. The van der Waals surface area contributed by atoms with Crippen LogP contribution in [-0.2, 0) is 16.1 Å². The van der Waals surface area contributed by atoms with E-state index in [1.54, 1.807) is 6.20 Å². The van der Waals surface area contributed by atoms with Gasteiger partial charge in [-0.2, -0.15) is 0 Å². The number of hydrogen-bond acceptors (Lipinski definition) is 4. The number of anilines is 1. The zero-order valence-corrected chi connectivity index (χ0v) is 14.9. The average molecular weight is 332 g/mol. The fraction of sp³-hybridized carbons (Fsp3) is 0.611. The third-order valence-corrected chi connectivity index (χ3v) is 4.05. The van der Waals surface area contributed by atoms with E-state index >= 15 is 0 Å². The van der Waals surface area contributed by atoms with E-state index in [2.05, 4.69) is 20.5 Å². The number of carbonyl (C=O) groups is 2. The Bertz CT molecular complexity index is 575. The molecule has 2 N–H and O–H groups in total. The molecule has 0 aliphatic carbocycles. The predicted octanol–water partition coefficient (Wildman–Crippen LogP) is 1.85. The van der Waals surface area contributed by atoms with Gasteiger partial charge in [0.05, 0.1) is 0 Å². The molecule has 1 aliphatic heterocycles. The van der Waals surface area contributed by atoms with Crippen molar-refractivity contribution in [2.24, 2.45) is 5.41 Å². The first-order valence-corrected chi connectivity index (χ1v) is 8.61. The molecule has 0 saturated carbocycles. The maximum Gasteiger partial charge on any atom is 0.225 e. The molecule has 1 aromatic rings. The van der Waals surface area contributed by atoms with Gasteiger partial charge in [0.25, 0.3) is 0 Å². The van der Waals surface area contributed by atoms with Crippen LogP contribution in [0.25, 0.3) is 0 Å².